The molecule has 0 aliphatic carbocycles. The van der Waals surface area contributed by atoms with Crippen molar-refractivity contribution in [2.45, 2.75) is 19.3 Å². The molecule has 2 aromatic rings. The second-order valence-electron chi connectivity index (χ2n) is 7.08. The minimum atomic E-state index is -0.259. The third-order valence-electron chi connectivity index (χ3n) is 4.95. The molecule has 0 saturated carbocycles. The molecule has 1 aliphatic rings. The summed E-state index contributed by atoms with van der Waals surface area (Å²) in [7, 11) is 0. The van der Waals surface area contributed by atoms with Crippen LogP contribution in [0.2, 0.25) is 0 Å². The summed E-state index contributed by atoms with van der Waals surface area (Å²) >= 11 is 0. The maximum absolute atomic E-state index is 12.9. The van der Waals surface area contributed by atoms with Crippen LogP contribution in [-0.4, -0.2) is 56.0 Å². The van der Waals surface area contributed by atoms with Gasteiger partial charge >= 0.3 is 0 Å². The number of anilines is 1. The molecule has 0 atom stereocenters. The van der Waals surface area contributed by atoms with Gasteiger partial charge in [-0.3, -0.25) is 14.5 Å². The molecule has 0 spiro atoms. The van der Waals surface area contributed by atoms with Crippen molar-refractivity contribution in [2.24, 2.45) is 5.73 Å². The number of nitrogens with one attached hydrogen (secondary N) is 2. The van der Waals surface area contributed by atoms with Gasteiger partial charge in [0.05, 0.1) is 5.56 Å². The van der Waals surface area contributed by atoms with Crippen molar-refractivity contribution >= 4 is 28.3 Å². The number of nitrogen functional groups attached to an aromatic ring is 1. The maximum atomic E-state index is 12.9. The van der Waals surface area contributed by atoms with Gasteiger partial charge in [0.1, 0.15) is 0 Å². The molecule has 7 nitrogen and oxygen atoms in total. The Morgan fingerprint density at radius 1 is 0.857 bits per heavy atom. The highest BCUT2D eigenvalue weighted by Crippen LogP contribution is 2.31. The minimum Gasteiger partial charge on any atom is -0.399 e. The fourth-order valence-corrected chi connectivity index (χ4v) is 3.56. The molecule has 6 N–H and O–H groups in total. The van der Waals surface area contributed by atoms with Gasteiger partial charge in [-0.05, 0) is 75.6 Å². The van der Waals surface area contributed by atoms with Gasteiger partial charge in [-0.15, -0.1) is 0 Å². The molecule has 150 valence electrons. The third-order valence-corrected chi connectivity index (χ3v) is 4.95. The number of hydrogen-bond donors (Lipinski definition) is 4. The van der Waals surface area contributed by atoms with Crippen molar-refractivity contribution in [3.05, 3.63) is 41.5 Å². The van der Waals surface area contributed by atoms with Gasteiger partial charge in [-0.25, -0.2) is 0 Å². The first kappa shape index (κ1) is 20.3. The molecule has 3 rings (SSSR count). The number of benzene rings is 2. The lowest BCUT2D eigenvalue weighted by molar-refractivity contribution is 0.0609. The lowest BCUT2D eigenvalue weighted by Gasteiger charge is -2.27. The van der Waals surface area contributed by atoms with Crippen LogP contribution >= 0.6 is 0 Å². The van der Waals surface area contributed by atoms with E-state index in [-0.39, 0.29) is 11.8 Å². The van der Waals surface area contributed by atoms with Crippen LogP contribution in [0.4, 0.5) is 5.69 Å². The van der Waals surface area contributed by atoms with E-state index in [1.54, 1.807) is 18.2 Å². The van der Waals surface area contributed by atoms with Crippen LogP contribution in [0.15, 0.2) is 30.3 Å². The van der Waals surface area contributed by atoms with E-state index in [1.165, 1.54) is 4.90 Å². The topological polar surface area (TPSA) is 113 Å². The standard InChI is InChI=1S/C21H29N5O2/c22-7-2-8-24-9-3-10-25-11-4-12-26-20(27)17-6-1-5-15-13-16(23)14-18(19(15)17)21(26)28/h1,5-6,13-14,24-25H,2-4,7-12,22-23H2. The van der Waals surface area contributed by atoms with E-state index in [1.807, 2.05) is 12.1 Å². The van der Waals surface area contributed by atoms with Crippen LogP contribution in [0.3, 0.4) is 0 Å². The summed E-state index contributed by atoms with van der Waals surface area (Å²) in [6.45, 7) is 4.67. The summed E-state index contributed by atoms with van der Waals surface area (Å²) in [6.07, 6.45) is 2.74. The normalized spacial score (nSPS) is 13.5. The number of carbonyl (C=O) groups excluding carboxylic acids is 2. The van der Waals surface area contributed by atoms with Crippen molar-refractivity contribution in [1.29, 1.82) is 0 Å². The first-order valence-electron chi connectivity index (χ1n) is 9.93. The van der Waals surface area contributed by atoms with Crippen LogP contribution in [0.25, 0.3) is 10.8 Å². The molecule has 0 unspecified atom stereocenters. The molecule has 0 bridgehead atoms. The van der Waals surface area contributed by atoms with E-state index in [0.717, 1.165) is 44.4 Å². The Labute approximate surface area is 165 Å². The van der Waals surface area contributed by atoms with Crippen molar-refractivity contribution < 1.29 is 9.59 Å². The summed E-state index contributed by atoms with van der Waals surface area (Å²) in [5.41, 5.74) is 13.0. The minimum absolute atomic E-state index is 0.225. The van der Waals surface area contributed by atoms with Crippen molar-refractivity contribution in [3.8, 4) is 0 Å². The van der Waals surface area contributed by atoms with Gasteiger partial charge in [0.2, 0.25) is 0 Å². The molecule has 28 heavy (non-hydrogen) atoms. The zero-order chi connectivity index (χ0) is 19.9. The highest BCUT2D eigenvalue weighted by molar-refractivity contribution is 6.25. The van der Waals surface area contributed by atoms with E-state index in [9.17, 15) is 9.59 Å². The molecule has 0 fully saturated rings. The van der Waals surface area contributed by atoms with Crippen LogP contribution in [0.5, 0.6) is 0 Å². The first-order chi connectivity index (χ1) is 13.6. The predicted octanol–water partition coefficient (Wildman–Crippen LogP) is 1.33. The number of hydrogen-bond acceptors (Lipinski definition) is 6. The van der Waals surface area contributed by atoms with E-state index < -0.39 is 0 Å². The average Bonchev–Trinajstić information content (AvgIpc) is 2.69. The molecule has 1 aliphatic heterocycles. The molecule has 0 saturated heterocycles. The second-order valence-corrected chi connectivity index (χ2v) is 7.08. The molecule has 1 heterocycles. The van der Waals surface area contributed by atoms with Gasteiger partial charge < -0.3 is 22.1 Å². The molecular weight excluding hydrogens is 354 g/mol. The van der Waals surface area contributed by atoms with Crippen molar-refractivity contribution in [2.75, 3.05) is 45.0 Å². The second kappa shape index (κ2) is 9.64. The molecular formula is C21H29N5O2. The Bertz CT molecular complexity index is 852. The van der Waals surface area contributed by atoms with E-state index in [2.05, 4.69) is 10.6 Å². The van der Waals surface area contributed by atoms with Gasteiger partial charge in [-0.1, -0.05) is 12.1 Å². The van der Waals surface area contributed by atoms with Crippen LogP contribution in [0, 0.1) is 0 Å². The van der Waals surface area contributed by atoms with Crippen molar-refractivity contribution in [1.82, 2.24) is 15.5 Å². The Kier molecular flexibility index (Phi) is 6.97. The summed E-state index contributed by atoms with van der Waals surface area (Å²) in [5.74, 6) is -0.484. The van der Waals surface area contributed by atoms with E-state index in [4.69, 9.17) is 11.5 Å². The van der Waals surface area contributed by atoms with Crippen LogP contribution < -0.4 is 22.1 Å². The highest BCUT2D eigenvalue weighted by atomic mass is 16.2. The zero-order valence-electron chi connectivity index (χ0n) is 16.2. The Balaban J connectivity index is 1.51. The predicted molar refractivity (Wildman–Crippen MR) is 112 cm³/mol. The lowest BCUT2D eigenvalue weighted by Crippen LogP contribution is -2.41. The van der Waals surface area contributed by atoms with E-state index >= 15 is 0 Å². The smallest absolute Gasteiger partial charge is 0.261 e. The Morgan fingerprint density at radius 2 is 1.54 bits per heavy atom. The SMILES string of the molecule is NCCCNCCCNCCCN1C(=O)c2cccc3cc(N)cc(c23)C1=O. The number of nitrogens with zero attached hydrogens (tertiary/aromatic N) is 1. The molecule has 7 heteroatoms. The summed E-state index contributed by atoms with van der Waals surface area (Å²) in [5, 5.41) is 8.24. The van der Waals surface area contributed by atoms with Gasteiger partial charge in [0, 0.05) is 23.2 Å². The summed E-state index contributed by atoms with van der Waals surface area (Å²) in [6, 6.07) is 8.95. The Morgan fingerprint density at radius 3 is 2.29 bits per heavy atom. The third kappa shape index (κ3) is 4.49. The number of carbonyl (C=O) groups is 2. The zero-order valence-corrected chi connectivity index (χ0v) is 16.2. The summed E-state index contributed by atoms with van der Waals surface area (Å²) in [4.78, 5) is 27.0. The fraction of sp³-hybridized carbons (Fsp3) is 0.429. The van der Waals surface area contributed by atoms with Crippen LogP contribution in [0.1, 0.15) is 40.0 Å². The van der Waals surface area contributed by atoms with E-state index in [0.29, 0.717) is 41.7 Å². The Hall–Kier alpha value is -2.48. The fourth-order valence-electron chi connectivity index (χ4n) is 3.56. The molecule has 2 amide bonds. The number of nitrogens with two attached hydrogens (primary N) is 2. The number of imide groups is 1. The van der Waals surface area contributed by atoms with Crippen LogP contribution in [-0.2, 0) is 0 Å². The maximum Gasteiger partial charge on any atom is 0.261 e. The van der Waals surface area contributed by atoms with Gasteiger partial charge in [0.25, 0.3) is 11.8 Å². The monoisotopic (exact) mass is 383 g/mol. The number of rotatable bonds is 11. The molecule has 0 radical (unpaired) electrons. The molecule has 0 aromatic heterocycles. The van der Waals surface area contributed by atoms with Gasteiger partial charge in [0.15, 0.2) is 0 Å². The van der Waals surface area contributed by atoms with Crippen molar-refractivity contribution in [3.63, 3.8) is 0 Å². The number of amides is 2. The first-order valence-corrected chi connectivity index (χ1v) is 9.93. The average molecular weight is 383 g/mol. The largest absolute Gasteiger partial charge is 0.399 e. The summed E-state index contributed by atoms with van der Waals surface area (Å²) < 4.78 is 0. The van der Waals surface area contributed by atoms with Gasteiger partial charge in [-0.2, -0.15) is 0 Å². The lowest BCUT2D eigenvalue weighted by atomic mass is 9.93. The molecule has 2 aromatic carbocycles. The highest BCUT2D eigenvalue weighted by Gasteiger charge is 2.32. The quantitative estimate of drug-likeness (QED) is 0.264.